The fraction of sp³-hybridized carbons (Fsp3) is 0.286. The van der Waals surface area contributed by atoms with Crippen LogP contribution in [0.25, 0.3) is 6.08 Å². The number of hydrogen-bond donors (Lipinski definition) is 2. The van der Waals surface area contributed by atoms with Crippen molar-refractivity contribution in [1.29, 1.82) is 0 Å². The summed E-state index contributed by atoms with van der Waals surface area (Å²) in [5, 5.41) is 5.55. The van der Waals surface area contributed by atoms with E-state index >= 15 is 0 Å². The van der Waals surface area contributed by atoms with E-state index in [-0.39, 0.29) is 6.03 Å². The molecule has 3 rings (SSSR count). The molecular formula is C21H26N4O2. The van der Waals surface area contributed by atoms with Crippen LogP contribution in [0, 0.1) is 0 Å². The number of nitrogens with one attached hydrogen (secondary N) is 2. The molecule has 1 saturated heterocycles. The first-order valence-electron chi connectivity index (χ1n) is 9.06. The van der Waals surface area contributed by atoms with Crippen LogP contribution in [0.4, 0.5) is 16.2 Å². The largest absolute Gasteiger partial charge is 0.497 e. The molecule has 0 unspecified atom stereocenters. The molecule has 0 saturated carbocycles. The van der Waals surface area contributed by atoms with Crippen LogP contribution in [0.3, 0.4) is 0 Å². The van der Waals surface area contributed by atoms with Gasteiger partial charge in [0.1, 0.15) is 5.75 Å². The topological polar surface area (TPSA) is 56.8 Å². The van der Waals surface area contributed by atoms with Gasteiger partial charge in [-0.25, -0.2) is 4.79 Å². The normalized spacial score (nSPS) is 15.0. The Morgan fingerprint density at radius 3 is 2.52 bits per heavy atom. The molecular weight excluding hydrogens is 340 g/mol. The minimum atomic E-state index is -0.276. The Bertz CT molecular complexity index is 781. The Kier molecular flexibility index (Phi) is 6.33. The first-order valence-corrected chi connectivity index (χ1v) is 9.06. The van der Waals surface area contributed by atoms with Gasteiger partial charge in [-0.15, -0.1) is 0 Å². The Hall–Kier alpha value is -2.99. The summed E-state index contributed by atoms with van der Waals surface area (Å²) < 4.78 is 5.18. The van der Waals surface area contributed by atoms with Crippen molar-refractivity contribution in [1.82, 2.24) is 10.2 Å². The van der Waals surface area contributed by atoms with Crippen molar-refractivity contribution in [2.75, 3.05) is 50.6 Å². The summed E-state index contributed by atoms with van der Waals surface area (Å²) in [4.78, 5) is 16.7. The standard InChI is InChI=1S/C21H26N4O2/c1-24-12-14-25(15-13-24)19-8-6-18(7-9-19)23-21(26)22-11-10-17-4-3-5-20(16-17)27-2/h3-11,16H,12-15H2,1-2H3,(H2,22,23,26)/b11-10+. The molecule has 2 aromatic rings. The quantitative estimate of drug-likeness (QED) is 0.853. The molecule has 1 aliphatic heterocycles. The van der Waals surface area contributed by atoms with E-state index in [0.29, 0.717) is 0 Å². The number of methoxy groups -OCH3 is 1. The molecule has 0 atom stereocenters. The SMILES string of the molecule is COc1cccc(/C=C/NC(=O)Nc2ccc(N3CCN(C)CC3)cc2)c1. The highest BCUT2D eigenvalue weighted by Crippen LogP contribution is 2.19. The number of benzene rings is 2. The lowest BCUT2D eigenvalue weighted by atomic mass is 10.2. The molecule has 2 aromatic carbocycles. The average Bonchev–Trinajstić information content (AvgIpc) is 2.69. The van der Waals surface area contributed by atoms with Gasteiger partial charge in [-0.05, 0) is 55.1 Å². The van der Waals surface area contributed by atoms with E-state index in [1.807, 2.05) is 54.6 Å². The highest BCUT2D eigenvalue weighted by Gasteiger charge is 2.14. The second-order valence-corrected chi connectivity index (χ2v) is 6.55. The molecule has 2 amide bonds. The highest BCUT2D eigenvalue weighted by atomic mass is 16.5. The van der Waals surface area contributed by atoms with E-state index in [1.165, 1.54) is 5.69 Å². The number of urea groups is 1. The van der Waals surface area contributed by atoms with Gasteiger partial charge in [-0.3, -0.25) is 0 Å². The third-order valence-electron chi connectivity index (χ3n) is 4.58. The summed E-state index contributed by atoms with van der Waals surface area (Å²) >= 11 is 0. The molecule has 6 heteroatoms. The van der Waals surface area contributed by atoms with Crippen molar-refractivity contribution < 1.29 is 9.53 Å². The van der Waals surface area contributed by atoms with Gasteiger partial charge in [0.25, 0.3) is 0 Å². The van der Waals surface area contributed by atoms with Crippen molar-refractivity contribution in [2.45, 2.75) is 0 Å². The first-order chi connectivity index (χ1) is 13.1. The Morgan fingerprint density at radius 2 is 1.81 bits per heavy atom. The number of piperazine rings is 1. The molecule has 1 heterocycles. The third kappa shape index (κ3) is 5.49. The van der Waals surface area contributed by atoms with Gasteiger partial charge in [0, 0.05) is 43.8 Å². The molecule has 2 N–H and O–H groups in total. The first kappa shape index (κ1) is 18.8. The van der Waals surface area contributed by atoms with E-state index in [0.717, 1.165) is 43.2 Å². The number of likely N-dealkylation sites (N-methyl/N-ethyl adjacent to an activating group) is 1. The summed E-state index contributed by atoms with van der Waals surface area (Å²) in [5.74, 6) is 0.780. The molecule has 142 valence electrons. The lowest BCUT2D eigenvalue weighted by Crippen LogP contribution is -2.44. The van der Waals surface area contributed by atoms with Gasteiger partial charge in [-0.2, -0.15) is 0 Å². The number of ether oxygens (including phenoxy) is 1. The number of amides is 2. The van der Waals surface area contributed by atoms with E-state index in [1.54, 1.807) is 13.3 Å². The minimum Gasteiger partial charge on any atom is -0.497 e. The molecule has 27 heavy (non-hydrogen) atoms. The van der Waals surface area contributed by atoms with Crippen LogP contribution >= 0.6 is 0 Å². The van der Waals surface area contributed by atoms with E-state index in [9.17, 15) is 4.79 Å². The Balaban J connectivity index is 1.49. The second-order valence-electron chi connectivity index (χ2n) is 6.55. The molecule has 0 bridgehead atoms. The number of carbonyl (C=O) groups is 1. The van der Waals surface area contributed by atoms with Gasteiger partial charge >= 0.3 is 6.03 Å². The number of carbonyl (C=O) groups excluding carboxylic acids is 1. The van der Waals surface area contributed by atoms with Gasteiger partial charge in [0.15, 0.2) is 0 Å². The van der Waals surface area contributed by atoms with E-state index < -0.39 is 0 Å². The maximum Gasteiger partial charge on any atom is 0.323 e. The predicted octanol–water partition coefficient (Wildman–Crippen LogP) is 3.24. The summed E-state index contributed by atoms with van der Waals surface area (Å²) in [6.07, 6.45) is 3.43. The lowest BCUT2D eigenvalue weighted by molar-refractivity contribution is 0.255. The lowest BCUT2D eigenvalue weighted by Gasteiger charge is -2.34. The van der Waals surface area contributed by atoms with Crippen LogP contribution in [0.5, 0.6) is 5.75 Å². The Morgan fingerprint density at radius 1 is 1.07 bits per heavy atom. The Labute approximate surface area is 160 Å². The zero-order valence-corrected chi connectivity index (χ0v) is 15.8. The van der Waals surface area contributed by atoms with Crippen molar-refractivity contribution in [2.24, 2.45) is 0 Å². The van der Waals surface area contributed by atoms with Crippen LogP contribution in [0.15, 0.2) is 54.7 Å². The smallest absolute Gasteiger partial charge is 0.323 e. The predicted molar refractivity (Wildman–Crippen MR) is 110 cm³/mol. The molecule has 0 aromatic heterocycles. The number of rotatable bonds is 5. The zero-order valence-electron chi connectivity index (χ0n) is 15.8. The van der Waals surface area contributed by atoms with Gasteiger partial charge in [-0.1, -0.05) is 12.1 Å². The summed E-state index contributed by atoms with van der Waals surface area (Å²) in [6, 6.07) is 15.3. The van der Waals surface area contributed by atoms with Crippen molar-refractivity contribution in [3.63, 3.8) is 0 Å². The van der Waals surface area contributed by atoms with E-state index in [4.69, 9.17) is 4.74 Å². The van der Waals surface area contributed by atoms with Crippen LogP contribution in [-0.2, 0) is 0 Å². The van der Waals surface area contributed by atoms with Crippen LogP contribution in [0.2, 0.25) is 0 Å². The molecule has 0 spiro atoms. The fourth-order valence-corrected chi connectivity index (χ4v) is 2.95. The molecule has 0 radical (unpaired) electrons. The van der Waals surface area contributed by atoms with E-state index in [2.05, 4.69) is 27.5 Å². The zero-order chi connectivity index (χ0) is 19.1. The monoisotopic (exact) mass is 366 g/mol. The number of anilines is 2. The summed E-state index contributed by atoms with van der Waals surface area (Å²) in [7, 11) is 3.77. The van der Waals surface area contributed by atoms with Crippen LogP contribution in [0.1, 0.15) is 5.56 Å². The van der Waals surface area contributed by atoms with Crippen molar-refractivity contribution in [3.05, 3.63) is 60.3 Å². The third-order valence-corrected chi connectivity index (χ3v) is 4.58. The molecule has 6 nitrogen and oxygen atoms in total. The van der Waals surface area contributed by atoms with Crippen molar-refractivity contribution >= 4 is 23.5 Å². The molecule has 1 fully saturated rings. The van der Waals surface area contributed by atoms with Gasteiger partial charge < -0.3 is 25.2 Å². The second kappa shape index (κ2) is 9.09. The minimum absolute atomic E-state index is 0.276. The molecule has 0 aliphatic carbocycles. The van der Waals surface area contributed by atoms with Gasteiger partial charge in [0.05, 0.1) is 7.11 Å². The highest BCUT2D eigenvalue weighted by molar-refractivity contribution is 5.90. The fourth-order valence-electron chi connectivity index (χ4n) is 2.95. The van der Waals surface area contributed by atoms with Crippen LogP contribution < -0.4 is 20.3 Å². The van der Waals surface area contributed by atoms with Crippen molar-refractivity contribution in [3.8, 4) is 5.75 Å². The average molecular weight is 366 g/mol. The maximum absolute atomic E-state index is 12.0. The van der Waals surface area contributed by atoms with Crippen LogP contribution in [-0.4, -0.2) is 51.3 Å². The summed E-state index contributed by atoms with van der Waals surface area (Å²) in [5.41, 5.74) is 2.90. The number of hydrogen-bond acceptors (Lipinski definition) is 4. The summed E-state index contributed by atoms with van der Waals surface area (Å²) in [6.45, 7) is 4.20. The molecule has 1 aliphatic rings. The maximum atomic E-state index is 12.0. The van der Waals surface area contributed by atoms with Gasteiger partial charge in [0.2, 0.25) is 0 Å². The number of nitrogens with zero attached hydrogens (tertiary/aromatic N) is 2.